The van der Waals surface area contributed by atoms with Crippen LogP contribution in [0, 0.1) is 13.8 Å². The maximum Gasteiger partial charge on any atom is 0.434 e. The number of halogens is 3. The molecule has 0 aliphatic carbocycles. The smallest absolute Gasteiger partial charge is 0.356 e. The predicted molar refractivity (Wildman–Crippen MR) is 111 cm³/mol. The molecule has 1 aliphatic heterocycles. The number of aromatic amines is 1. The highest BCUT2D eigenvalue weighted by atomic mass is 19.4. The van der Waals surface area contributed by atoms with Crippen molar-refractivity contribution in [3.63, 3.8) is 0 Å². The van der Waals surface area contributed by atoms with Gasteiger partial charge in [0.1, 0.15) is 11.5 Å². The lowest BCUT2D eigenvalue weighted by Crippen LogP contribution is -2.35. The minimum atomic E-state index is -4.55. The number of nitrogens with zero attached hydrogens (tertiary/aromatic N) is 7. The molecule has 4 aromatic heterocycles. The second-order valence-corrected chi connectivity index (χ2v) is 8.01. The zero-order chi connectivity index (χ0) is 22.5. The predicted octanol–water partition coefficient (Wildman–Crippen LogP) is 3.93. The molecule has 0 amide bonds. The minimum Gasteiger partial charge on any atom is -0.356 e. The van der Waals surface area contributed by atoms with Crippen LogP contribution in [-0.4, -0.2) is 47.6 Å². The Bertz CT molecular complexity index is 1260. The molecule has 5 rings (SSSR count). The Balaban J connectivity index is 1.48. The molecule has 5 heterocycles. The normalized spacial score (nSPS) is 17.3. The number of nitrogens with one attached hydrogen (secondary N) is 1. The summed E-state index contributed by atoms with van der Waals surface area (Å²) in [7, 11) is 0. The molecule has 8 nitrogen and oxygen atoms in total. The Morgan fingerprint density at radius 2 is 1.97 bits per heavy atom. The molecule has 1 fully saturated rings. The summed E-state index contributed by atoms with van der Waals surface area (Å²) < 4.78 is 40.7. The Morgan fingerprint density at radius 1 is 1.12 bits per heavy atom. The quantitative estimate of drug-likeness (QED) is 0.517. The SMILES string of the molecule is Cc1n[nH]c(C)c1C1CCCN(c2ccnc(-c3cnc4cnc(C(F)(F)F)cn34)n2)C1. The first kappa shape index (κ1) is 20.4. The Hall–Kier alpha value is -3.50. The van der Waals surface area contributed by atoms with E-state index in [1.807, 2.05) is 19.9 Å². The van der Waals surface area contributed by atoms with Crippen molar-refractivity contribution < 1.29 is 13.2 Å². The molecule has 1 unspecified atom stereocenters. The summed E-state index contributed by atoms with van der Waals surface area (Å²) in [6.45, 7) is 5.67. The lowest BCUT2D eigenvalue weighted by atomic mass is 9.89. The van der Waals surface area contributed by atoms with Crippen molar-refractivity contribution >= 4 is 11.5 Å². The van der Waals surface area contributed by atoms with Gasteiger partial charge in [-0.15, -0.1) is 0 Å². The van der Waals surface area contributed by atoms with Crippen molar-refractivity contribution in [3.8, 4) is 11.5 Å². The highest BCUT2D eigenvalue weighted by molar-refractivity contribution is 5.58. The van der Waals surface area contributed by atoms with Crippen LogP contribution < -0.4 is 4.90 Å². The van der Waals surface area contributed by atoms with Crippen molar-refractivity contribution in [2.24, 2.45) is 0 Å². The number of aryl methyl sites for hydroxylation is 2. The van der Waals surface area contributed by atoms with Crippen molar-refractivity contribution in [2.45, 2.75) is 38.8 Å². The van der Waals surface area contributed by atoms with E-state index in [-0.39, 0.29) is 0 Å². The summed E-state index contributed by atoms with van der Waals surface area (Å²) in [5, 5.41) is 7.39. The molecule has 0 radical (unpaired) electrons. The molecule has 0 saturated carbocycles. The highest BCUT2D eigenvalue weighted by Crippen LogP contribution is 2.33. The summed E-state index contributed by atoms with van der Waals surface area (Å²) in [4.78, 5) is 18.8. The molecule has 1 saturated heterocycles. The van der Waals surface area contributed by atoms with E-state index in [1.54, 1.807) is 6.20 Å². The molecule has 4 aromatic rings. The van der Waals surface area contributed by atoms with Gasteiger partial charge >= 0.3 is 6.18 Å². The molecular formula is C21H21F3N8. The number of alkyl halides is 3. The lowest BCUT2D eigenvalue weighted by Gasteiger charge is -2.34. The maximum atomic E-state index is 13.1. The molecule has 1 aliphatic rings. The van der Waals surface area contributed by atoms with Gasteiger partial charge in [0, 0.05) is 42.7 Å². The molecular weight excluding hydrogens is 421 g/mol. The standard InChI is InChI=1S/C21H21F3N8/c1-12-19(13(2)30-29-12)14-4-3-7-31(10-14)17-5-6-25-20(28-17)15-8-27-18-9-26-16(11-32(15)18)21(22,23)24/h5-6,8-9,11,14H,3-4,7,10H2,1-2H3,(H,29,30). The molecule has 0 aromatic carbocycles. The summed E-state index contributed by atoms with van der Waals surface area (Å²) in [6.07, 6.45) is 2.63. The first-order valence-corrected chi connectivity index (χ1v) is 10.3. The molecule has 166 valence electrons. The third kappa shape index (κ3) is 3.57. The van der Waals surface area contributed by atoms with Crippen LogP contribution in [0.3, 0.4) is 0 Å². The van der Waals surface area contributed by atoms with Gasteiger partial charge in [-0.05, 0) is 32.8 Å². The number of hydrogen-bond donors (Lipinski definition) is 1. The van der Waals surface area contributed by atoms with E-state index in [1.165, 1.54) is 16.2 Å². The second kappa shape index (κ2) is 7.57. The van der Waals surface area contributed by atoms with Crippen LogP contribution in [0.1, 0.15) is 41.4 Å². The van der Waals surface area contributed by atoms with Crippen molar-refractivity contribution in [3.05, 3.63) is 53.5 Å². The van der Waals surface area contributed by atoms with Crippen molar-refractivity contribution in [1.82, 2.24) is 34.5 Å². The Labute approximate surface area is 181 Å². The number of piperidine rings is 1. The van der Waals surface area contributed by atoms with Gasteiger partial charge in [0.25, 0.3) is 0 Å². The molecule has 0 bridgehead atoms. The third-order valence-corrected chi connectivity index (χ3v) is 5.90. The van der Waals surface area contributed by atoms with Crippen LogP contribution in [0.25, 0.3) is 17.2 Å². The van der Waals surface area contributed by atoms with E-state index in [9.17, 15) is 13.2 Å². The number of hydrogen-bond acceptors (Lipinski definition) is 6. The first-order valence-electron chi connectivity index (χ1n) is 10.3. The van der Waals surface area contributed by atoms with Crippen LogP contribution in [0.5, 0.6) is 0 Å². The van der Waals surface area contributed by atoms with Gasteiger partial charge in [-0.3, -0.25) is 9.50 Å². The van der Waals surface area contributed by atoms with Gasteiger partial charge in [0.15, 0.2) is 17.2 Å². The molecule has 1 N–H and O–H groups in total. The number of rotatable bonds is 3. The molecule has 1 atom stereocenters. The van der Waals surface area contributed by atoms with E-state index in [0.717, 1.165) is 55.5 Å². The molecule has 0 spiro atoms. The monoisotopic (exact) mass is 442 g/mol. The van der Waals surface area contributed by atoms with Gasteiger partial charge in [-0.1, -0.05) is 0 Å². The highest BCUT2D eigenvalue weighted by Gasteiger charge is 2.33. The first-order chi connectivity index (χ1) is 15.3. The number of H-pyrrole nitrogens is 1. The minimum absolute atomic E-state index is 0.297. The van der Waals surface area contributed by atoms with Crippen LogP contribution in [0.15, 0.2) is 30.9 Å². The fourth-order valence-electron chi connectivity index (χ4n) is 4.43. The average Bonchev–Trinajstić information content (AvgIpc) is 3.35. The third-order valence-electron chi connectivity index (χ3n) is 5.90. The van der Waals surface area contributed by atoms with E-state index in [4.69, 9.17) is 0 Å². The van der Waals surface area contributed by atoms with Gasteiger partial charge in [-0.25, -0.2) is 19.9 Å². The fraction of sp³-hybridized carbons (Fsp3) is 0.381. The van der Waals surface area contributed by atoms with E-state index >= 15 is 0 Å². The maximum absolute atomic E-state index is 13.1. The Morgan fingerprint density at radius 3 is 2.72 bits per heavy atom. The van der Waals surface area contributed by atoms with Crippen molar-refractivity contribution in [2.75, 3.05) is 18.0 Å². The van der Waals surface area contributed by atoms with Gasteiger partial charge in [0.2, 0.25) is 0 Å². The average molecular weight is 442 g/mol. The van der Waals surface area contributed by atoms with Gasteiger partial charge in [-0.2, -0.15) is 18.3 Å². The van der Waals surface area contributed by atoms with Crippen LogP contribution in [0.4, 0.5) is 19.0 Å². The van der Waals surface area contributed by atoms with Crippen molar-refractivity contribution in [1.29, 1.82) is 0 Å². The topological polar surface area (TPSA) is 87.9 Å². The largest absolute Gasteiger partial charge is 0.434 e. The second-order valence-electron chi connectivity index (χ2n) is 8.01. The van der Waals surface area contributed by atoms with Gasteiger partial charge < -0.3 is 4.90 Å². The van der Waals surface area contributed by atoms with E-state index in [2.05, 4.69) is 35.0 Å². The molecule has 11 heteroatoms. The summed E-state index contributed by atoms with van der Waals surface area (Å²) >= 11 is 0. The zero-order valence-electron chi connectivity index (χ0n) is 17.6. The fourth-order valence-corrected chi connectivity index (χ4v) is 4.43. The number of fused-ring (bicyclic) bond motifs is 1. The number of aromatic nitrogens is 7. The molecule has 32 heavy (non-hydrogen) atoms. The number of anilines is 1. The van der Waals surface area contributed by atoms with Gasteiger partial charge in [0.05, 0.1) is 18.1 Å². The zero-order valence-corrected chi connectivity index (χ0v) is 17.6. The summed E-state index contributed by atoms with van der Waals surface area (Å²) in [5.41, 5.74) is 3.02. The van der Waals surface area contributed by atoms with Crippen LogP contribution in [-0.2, 0) is 6.18 Å². The lowest BCUT2D eigenvalue weighted by molar-refractivity contribution is -0.141. The summed E-state index contributed by atoms with van der Waals surface area (Å²) in [5.74, 6) is 1.38. The number of imidazole rings is 1. The van der Waals surface area contributed by atoms with E-state index < -0.39 is 11.9 Å². The van der Waals surface area contributed by atoms with Crippen LogP contribution in [0.2, 0.25) is 0 Å². The van der Waals surface area contributed by atoms with E-state index in [0.29, 0.717) is 23.1 Å². The van der Waals surface area contributed by atoms with Crippen LogP contribution >= 0.6 is 0 Å². The summed E-state index contributed by atoms with van der Waals surface area (Å²) in [6, 6.07) is 1.83. The Kier molecular flexibility index (Phi) is 4.83.